The fourth-order valence-electron chi connectivity index (χ4n) is 4.25. The molecule has 0 saturated carbocycles. The summed E-state index contributed by atoms with van der Waals surface area (Å²) >= 11 is 2.29. The molecular weight excluding hydrogens is 430 g/mol. The van der Waals surface area contributed by atoms with Gasteiger partial charge in [-0.25, -0.2) is 0 Å². The van der Waals surface area contributed by atoms with Gasteiger partial charge in [-0.2, -0.15) is 0 Å². The van der Waals surface area contributed by atoms with Crippen LogP contribution >= 0.6 is 0 Å². The van der Waals surface area contributed by atoms with E-state index in [-0.39, 0.29) is 48.1 Å². The molecule has 0 heterocycles. The van der Waals surface area contributed by atoms with Crippen LogP contribution in [-0.4, -0.2) is 0 Å². The van der Waals surface area contributed by atoms with Gasteiger partial charge in [-0.3, -0.25) is 0 Å². The Bertz CT molecular complexity index is 748. The summed E-state index contributed by atoms with van der Waals surface area (Å²) < 4.78 is 1.46. The number of halogens is 3. The first-order chi connectivity index (χ1) is 11.4. The summed E-state index contributed by atoms with van der Waals surface area (Å²) in [4.78, 5) is 0. The molecule has 4 heteroatoms. The van der Waals surface area contributed by atoms with E-state index in [1.54, 1.807) is 5.57 Å². The van der Waals surface area contributed by atoms with E-state index in [1.807, 2.05) is 0 Å². The van der Waals surface area contributed by atoms with Crippen LogP contribution in [0.3, 0.4) is 0 Å². The van der Waals surface area contributed by atoms with Gasteiger partial charge in [-0.1, -0.05) is 0 Å². The molecule has 0 spiro atoms. The molecule has 0 aromatic heterocycles. The normalized spacial score (nSPS) is 13.9. The largest absolute Gasteiger partial charge is 1.00 e. The summed E-state index contributed by atoms with van der Waals surface area (Å²) in [5, 5.41) is 0. The number of hydrogen-bond donors (Lipinski definition) is 0. The SMILES string of the molecule is CC1=CCC(C(c2ccccc2)(c2ccccc2)C(C)(C)C)=[C]1[Ti+3].[Cl-].[Cl-].[Cl-]. The maximum absolute atomic E-state index is 2.39. The van der Waals surface area contributed by atoms with E-state index in [2.05, 4.69) is 115 Å². The molecule has 0 amide bonds. The summed E-state index contributed by atoms with van der Waals surface area (Å²) in [6, 6.07) is 22.1. The minimum Gasteiger partial charge on any atom is -1.00 e. The van der Waals surface area contributed by atoms with Gasteiger partial charge in [-0.15, -0.1) is 0 Å². The maximum Gasteiger partial charge on any atom is -1.00 e. The van der Waals surface area contributed by atoms with E-state index in [9.17, 15) is 0 Å². The smallest absolute Gasteiger partial charge is 1.00 e. The van der Waals surface area contributed by atoms with E-state index in [0.29, 0.717) is 0 Å². The molecule has 1 aliphatic carbocycles. The van der Waals surface area contributed by atoms with Gasteiger partial charge in [0.25, 0.3) is 0 Å². The second-order valence-electron chi connectivity index (χ2n) is 7.68. The second-order valence-corrected chi connectivity index (χ2v) is 8.46. The number of allylic oxidation sites excluding steroid dienone is 4. The van der Waals surface area contributed by atoms with Crippen LogP contribution in [0.15, 0.2) is 81.8 Å². The van der Waals surface area contributed by atoms with Crippen LogP contribution < -0.4 is 37.2 Å². The fraction of sp³-hybridized carbons (Fsp3) is 0.304. The quantitative estimate of drug-likeness (QED) is 0.438. The average Bonchev–Trinajstić information content (AvgIpc) is 2.89. The molecule has 142 valence electrons. The van der Waals surface area contributed by atoms with Crippen molar-refractivity contribution in [2.75, 3.05) is 0 Å². The zero-order valence-electron chi connectivity index (χ0n) is 16.2. The van der Waals surface area contributed by atoms with Crippen LogP contribution in [0.2, 0.25) is 0 Å². The van der Waals surface area contributed by atoms with Gasteiger partial charge in [0, 0.05) is 0 Å². The first kappa shape index (κ1) is 26.5. The van der Waals surface area contributed by atoms with E-state index in [4.69, 9.17) is 0 Å². The maximum atomic E-state index is 2.39. The summed E-state index contributed by atoms with van der Waals surface area (Å²) in [5.74, 6) is 0. The first-order valence-electron chi connectivity index (χ1n) is 8.62. The van der Waals surface area contributed by atoms with Crippen molar-refractivity contribution in [2.24, 2.45) is 5.41 Å². The van der Waals surface area contributed by atoms with Crippen LogP contribution in [0.1, 0.15) is 45.2 Å². The molecule has 3 rings (SSSR count). The molecule has 2 aromatic rings. The van der Waals surface area contributed by atoms with Gasteiger partial charge in [0.1, 0.15) is 0 Å². The van der Waals surface area contributed by atoms with Gasteiger partial charge in [0.05, 0.1) is 0 Å². The van der Waals surface area contributed by atoms with Crippen molar-refractivity contribution in [3.8, 4) is 0 Å². The van der Waals surface area contributed by atoms with E-state index in [1.165, 1.54) is 20.6 Å². The van der Waals surface area contributed by atoms with Crippen molar-refractivity contribution < 1.29 is 57.7 Å². The first-order valence-corrected chi connectivity index (χ1v) is 9.40. The third-order valence-corrected chi connectivity index (χ3v) is 6.39. The molecule has 0 radical (unpaired) electrons. The van der Waals surface area contributed by atoms with Crippen molar-refractivity contribution in [3.63, 3.8) is 0 Å². The molecule has 0 unspecified atom stereocenters. The Labute approximate surface area is 194 Å². The Balaban J connectivity index is 0.00000225. The minimum atomic E-state index is -0.117. The van der Waals surface area contributed by atoms with Gasteiger partial charge in [-0.05, 0) is 0 Å². The molecule has 1 aliphatic rings. The van der Waals surface area contributed by atoms with E-state index < -0.39 is 0 Å². The second kappa shape index (κ2) is 10.3. The molecule has 0 nitrogen and oxygen atoms in total. The van der Waals surface area contributed by atoms with Crippen LogP contribution in [0.5, 0.6) is 0 Å². The molecule has 0 bridgehead atoms. The molecule has 0 atom stereocenters. The molecule has 0 saturated heterocycles. The van der Waals surface area contributed by atoms with Crippen molar-refractivity contribution in [1.82, 2.24) is 0 Å². The number of hydrogen-bond acceptors (Lipinski definition) is 0. The summed E-state index contributed by atoms with van der Waals surface area (Å²) in [6.07, 6.45) is 3.43. The Morgan fingerprint density at radius 1 is 0.741 bits per heavy atom. The van der Waals surface area contributed by atoms with Gasteiger partial charge in [0.15, 0.2) is 0 Å². The summed E-state index contributed by atoms with van der Waals surface area (Å²) in [6.45, 7) is 9.37. The molecule has 0 N–H and O–H groups in total. The number of benzene rings is 2. The molecular formula is C23H25Cl3Ti. The Hall–Kier alpha value is -0.496. The standard InChI is InChI=1S/C23H25.3ClH.Ti/c1-18-15-16-21(17-18)23(22(2,3)4,19-11-7-5-8-12-19)20-13-9-6-10-14-20;;;;/h5-15H,16H2,1-4H3;3*1H;/q;;;;+3/p-3. The van der Waals surface area contributed by atoms with Crippen molar-refractivity contribution in [1.29, 1.82) is 0 Å². The average molecular weight is 456 g/mol. The number of rotatable bonds is 3. The van der Waals surface area contributed by atoms with Crippen molar-refractivity contribution >= 4 is 0 Å². The Kier molecular flexibility index (Phi) is 10.1. The van der Waals surface area contributed by atoms with Crippen LogP contribution in [0, 0.1) is 5.41 Å². The Morgan fingerprint density at radius 3 is 1.44 bits per heavy atom. The molecule has 27 heavy (non-hydrogen) atoms. The molecule has 0 fully saturated rings. The van der Waals surface area contributed by atoms with Crippen molar-refractivity contribution in [3.05, 3.63) is 92.9 Å². The fourth-order valence-corrected chi connectivity index (χ4v) is 4.86. The molecule has 0 aliphatic heterocycles. The zero-order chi connectivity index (χ0) is 17.4. The topological polar surface area (TPSA) is 0 Å². The Morgan fingerprint density at radius 2 is 1.15 bits per heavy atom. The van der Waals surface area contributed by atoms with Gasteiger partial charge in [0.2, 0.25) is 0 Å². The molecule has 2 aromatic carbocycles. The third-order valence-electron chi connectivity index (χ3n) is 5.30. The van der Waals surface area contributed by atoms with Gasteiger partial charge < -0.3 is 37.2 Å². The predicted octanol–water partition coefficient (Wildman–Crippen LogP) is -2.82. The minimum absolute atomic E-state index is 0. The van der Waals surface area contributed by atoms with Crippen LogP contribution in [-0.2, 0) is 25.9 Å². The van der Waals surface area contributed by atoms with Gasteiger partial charge >= 0.3 is 158 Å². The van der Waals surface area contributed by atoms with E-state index >= 15 is 0 Å². The van der Waals surface area contributed by atoms with Crippen LogP contribution in [0.25, 0.3) is 0 Å². The zero-order valence-corrected chi connectivity index (χ0v) is 20.0. The predicted molar refractivity (Wildman–Crippen MR) is 98.5 cm³/mol. The monoisotopic (exact) mass is 454 g/mol. The van der Waals surface area contributed by atoms with Crippen LogP contribution in [0.4, 0.5) is 0 Å². The summed E-state index contributed by atoms with van der Waals surface area (Å²) in [7, 11) is 0. The summed E-state index contributed by atoms with van der Waals surface area (Å²) in [5.41, 5.74) is 5.69. The van der Waals surface area contributed by atoms with E-state index in [0.717, 1.165) is 6.42 Å². The third kappa shape index (κ3) is 4.57. The van der Waals surface area contributed by atoms with Crippen molar-refractivity contribution in [2.45, 2.75) is 39.5 Å².